The fraction of sp³-hybridized carbons (Fsp3) is 0.310. The van der Waals surface area contributed by atoms with Crippen molar-refractivity contribution in [3.63, 3.8) is 0 Å². The predicted octanol–water partition coefficient (Wildman–Crippen LogP) is 5.22. The topological polar surface area (TPSA) is 46.6 Å². The van der Waals surface area contributed by atoms with E-state index in [9.17, 15) is 9.59 Å². The van der Waals surface area contributed by atoms with Gasteiger partial charge in [0.25, 0.3) is 0 Å². The van der Waals surface area contributed by atoms with E-state index in [0.717, 1.165) is 12.2 Å². The Morgan fingerprint density at radius 1 is 0.727 bits per heavy atom. The Kier molecular flexibility index (Phi) is 4.17. The molecule has 4 nitrogen and oxygen atoms in total. The summed E-state index contributed by atoms with van der Waals surface area (Å²) in [6, 6.07) is 24.1. The Hall–Kier alpha value is -3.40. The van der Waals surface area contributed by atoms with Gasteiger partial charge in [0.05, 0.1) is 24.1 Å². The van der Waals surface area contributed by atoms with Crippen molar-refractivity contribution < 1.29 is 14.3 Å². The van der Waals surface area contributed by atoms with Gasteiger partial charge in [-0.2, -0.15) is 0 Å². The van der Waals surface area contributed by atoms with Gasteiger partial charge in [-0.25, -0.2) is 4.90 Å². The Labute approximate surface area is 194 Å². The van der Waals surface area contributed by atoms with Crippen LogP contribution in [-0.2, 0) is 20.4 Å². The molecule has 166 valence electrons. The Balaban J connectivity index is 1.52. The largest absolute Gasteiger partial charge is 0.494 e. The molecule has 3 aliphatic carbocycles. The van der Waals surface area contributed by atoms with Crippen LogP contribution >= 0.6 is 0 Å². The summed E-state index contributed by atoms with van der Waals surface area (Å²) in [6.45, 7) is 7.00. The highest BCUT2D eigenvalue weighted by molar-refractivity contribution is 6.24. The van der Waals surface area contributed by atoms with Crippen molar-refractivity contribution in [2.75, 3.05) is 11.5 Å². The summed E-state index contributed by atoms with van der Waals surface area (Å²) >= 11 is 0. The zero-order valence-corrected chi connectivity index (χ0v) is 19.2. The van der Waals surface area contributed by atoms with E-state index in [1.165, 1.54) is 27.2 Å². The maximum atomic E-state index is 14.0. The molecule has 0 spiro atoms. The van der Waals surface area contributed by atoms with Gasteiger partial charge in [0, 0.05) is 10.8 Å². The molecule has 33 heavy (non-hydrogen) atoms. The van der Waals surface area contributed by atoms with Gasteiger partial charge in [0.15, 0.2) is 0 Å². The van der Waals surface area contributed by atoms with Crippen LogP contribution in [0.5, 0.6) is 5.75 Å². The highest BCUT2D eigenvalue weighted by Gasteiger charge is 2.70. The van der Waals surface area contributed by atoms with Gasteiger partial charge in [0.1, 0.15) is 5.75 Å². The molecule has 2 bridgehead atoms. The van der Waals surface area contributed by atoms with E-state index in [0.29, 0.717) is 12.3 Å². The third-order valence-corrected chi connectivity index (χ3v) is 8.21. The van der Waals surface area contributed by atoms with E-state index >= 15 is 0 Å². The molecule has 1 heterocycles. The molecule has 0 saturated carbocycles. The van der Waals surface area contributed by atoms with Crippen LogP contribution in [0.25, 0.3) is 0 Å². The Morgan fingerprint density at radius 3 is 1.55 bits per heavy atom. The van der Waals surface area contributed by atoms with E-state index < -0.39 is 22.7 Å². The van der Waals surface area contributed by atoms with Crippen LogP contribution in [0.1, 0.15) is 49.4 Å². The molecule has 0 unspecified atom stereocenters. The lowest BCUT2D eigenvalue weighted by molar-refractivity contribution is -0.124. The van der Waals surface area contributed by atoms with E-state index in [4.69, 9.17) is 4.74 Å². The molecule has 2 atom stereocenters. The lowest BCUT2D eigenvalue weighted by atomic mass is 9.42. The minimum Gasteiger partial charge on any atom is -0.494 e. The first-order valence-corrected chi connectivity index (χ1v) is 11.7. The maximum Gasteiger partial charge on any atom is 0.238 e. The molecule has 1 saturated heterocycles. The van der Waals surface area contributed by atoms with Gasteiger partial charge in [-0.05, 0) is 52.9 Å². The Bertz CT molecular complexity index is 1170. The zero-order valence-electron chi connectivity index (χ0n) is 19.2. The molecule has 2 amide bonds. The van der Waals surface area contributed by atoms with E-state index in [1.54, 1.807) is 0 Å². The van der Waals surface area contributed by atoms with Crippen LogP contribution in [0.4, 0.5) is 5.69 Å². The van der Waals surface area contributed by atoms with Gasteiger partial charge in [-0.1, -0.05) is 69.3 Å². The summed E-state index contributed by atoms with van der Waals surface area (Å²) in [5.41, 5.74) is 4.17. The van der Waals surface area contributed by atoms with Crippen molar-refractivity contribution in [3.8, 4) is 5.75 Å². The fourth-order valence-corrected chi connectivity index (χ4v) is 6.74. The first kappa shape index (κ1) is 20.2. The third kappa shape index (κ3) is 2.36. The lowest BCUT2D eigenvalue weighted by Gasteiger charge is -2.57. The number of carbonyl (C=O) groups excluding carboxylic acids is 2. The number of nitrogens with zero attached hydrogens (tertiary/aromatic N) is 1. The smallest absolute Gasteiger partial charge is 0.238 e. The number of amides is 2. The van der Waals surface area contributed by atoms with Crippen molar-refractivity contribution in [3.05, 3.63) is 95.1 Å². The molecule has 0 N–H and O–H groups in total. The van der Waals surface area contributed by atoms with Crippen LogP contribution in [0.15, 0.2) is 72.8 Å². The number of ether oxygens (including phenoxy) is 1. The molecule has 1 fully saturated rings. The summed E-state index contributed by atoms with van der Waals surface area (Å²) in [5.74, 6) is -0.336. The standard InChI is InChI=1S/C29H27NO3/c1-4-17-33-19-15-13-18(14-16-19)30-26(31)24-25(27(30)32)29(3)22-11-7-5-9-20(22)28(24,2)21-10-6-8-12-23(21)29/h5-16,24-25H,4,17H2,1-3H3/t24-,25-,28?,29?/m0/s1. The van der Waals surface area contributed by atoms with Crippen molar-refractivity contribution >= 4 is 17.5 Å². The number of anilines is 1. The number of hydrogen-bond acceptors (Lipinski definition) is 3. The van der Waals surface area contributed by atoms with Crippen LogP contribution < -0.4 is 9.64 Å². The van der Waals surface area contributed by atoms with Crippen molar-refractivity contribution in [1.29, 1.82) is 0 Å². The quantitative estimate of drug-likeness (QED) is 0.526. The van der Waals surface area contributed by atoms with Crippen LogP contribution in [0.2, 0.25) is 0 Å². The number of hydrogen-bond donors (Lipinski definition) is 0. The molecule has 0 aromatic heterocycles. The number of carbonyl (C=O) groups is 2. The van der Waals surface area contributed by atoms with Crippen molar-refractivity contribution in [2.45, 2.75) is 38.0 Å². The molecular weight excluding hydrogens is 410 g/mol. The molecule has 7 rings (SSSR count). The Morgan fingerprint density at radius 2 is 1.15 bits per heavy atom. The maximum absolute atomic E-state index is 14.0. The molecule has 4 heteroatoms. The average Bonchev–Trinajstić information content (AvgIpc) is 3.12. The second kappa shape index (κ2) is 6.80. The van der Waals surface area contributed by atoms with Gasteiger partial charge in [-0.15, -0.1) is 0 Å². The van der Waals surface area contributed by atoms with Crippen LogP contribution in [0.3, 0.4) is 0 Å². The molecule has 3 aromatic rings. The highest BCUT2D eigenvalue weighted by atomic mass is 16.5. The molecule has 3 aromatic carbocycles. The molecule has 4 aliphatic rings. The van der Waals surface area contributed by atoms with E-state index in [2.05, 4.69) is 45.0 Å². The zero-order chi connectivity index (χ0) is 23.0. The lowest BCUT2D eigenvalue weighted by Crippen LogP contribution is -2.59. The van der Waals surface area contributed by atoms with Gasteiger partial charge in [-0.3, -0.25) is 9.59 Å². The number of rotatable bonds is 4. The van der Waals surface area contributed by atoms with Gasteiger partial charge in [0.2, 0.25) is 11.8 Å². The van der Waals surface area contributed by atoms with E-state index in [1.807, 2.05) is 48.5 Å². The first-order valence-electron chi connectivity index (χ1n) is 11.7. The third-order valence-electron chi connectivity index (χ3n) is 8.21. The van der Waals surface area contributed by atoms with Gasteiger partial charge >= 0.3 is 0 Å². The van der Waals surface area contributed by atoms with Crippen LogP contribution in [0, 0.1) is 11.8 Å². The summed E-state index contributed by atoms with van der Waals surface area (Å²) in [7, 11) is 0. The summed E-state index contributed by atoms with van der Waals surface area (Å²) < 4.78 is 5.69. The predicted molar refractivity (Wildman–Crippen MR) is 127 cm³/mol. The molecular formula is C29H27NO3. The minimum atomic E-state index is -0.554. The van der Waals surface area contributed by atoms with Crippen molar-refractivity contribution in [1.82, 2.24) is 0 Å². The average molecular weight is 438 g/mol. The van der Waals surface area contributed by atoms with Crippen LogP contribution in [-0.4, -0.2) is 18.4 Å². The SMILES string of the molecule is CCCOc1ccc(N2C(=O)[C@@H]3[C@@H](C2=O)C2(C)c4ccccc4C3(C)c3ccccc32)cc1. The summed E-state index contributed by atoms with van der Waals surface area (Å²) in [5, 5.41) is 0. The summed E-state index contributed by atoms with van der Waals surface area (Å²) in [4.78, 5) is 29.5. The molecule has 1 aliphatic heterocycles. The number of imide groups is 1. The first-order chi connectivity index (χ1) is 15.9. The number of benzene rings is 3. The monoisotopic (exact) mass is 437 g/mol. The highest BCUT2D eigenvalue weighted by Crippen LogP contribution is 2.66. The van der Waals surface area contributed by atoms with Crippen molar-refractivity contribution in [2.24, 2.45) is 11.8 Å². The summed E-state index contributed by atoms with van der Waals surface area (Å²) in [6.07, 6.45) is 0.923. The minimum absolute atomic E-state index is 0.107. The molecule has 0 radical (unpaired) electrons. The van der Waals surface area contributed by atoms with Gasteiger partial charge < -0.3 is 4.74 Å². The fourth-order valence-electron chi connectivity index (χ4n) is 6.74. The van der Waals surface area contributed by atoms with E-state index in [-0.39, 0.29) is 11.8 Å². The normalized spacial score (nSPS) is 29.0. The second-order valence-electron chi connectivity index (χ2n) is 9.81. The second-order valence-corrected chi connectivity index (χ2v) is 9.81.